The number of ketones is 1. The van der Waals surface area contributed by atoms with Gasteiger partial charge in [-0.3, -0.25) is 4.79 Å². The minimum Gasteiger partial charge on any atom is -0.459 e. The molecule has 4 aliphatic carbocycles. The molecule has 0 unspecified atom stereocenters. The van der Waals surface area contributed by atoms with Crippen molar-refractivity contribution in [3.63, 3.8) is 0 Å². The number of ether oxygens (including phenoxy) is 1. The van der Waals surface area contributed by atoms with Gasteiger partial charge < -0.3 is 4.74 Å². The standard InChI is InChI=1S/C22H32O3/c1-4-20(24)25-19-8-7-17-16-6-5-14-13-15(23)9-11-21(14,2)18(16)10-12-22(17,19)3/h4,14,16-19H,1,5-13H2,2-3H3/t14-,16-,17-,18-,19-,21-,22-/m0/s1. The molecule has 0 heterocycles. The lowest BCUT2D eigenvalue weighted by molar-refractivity contribution is -0.159. The van der Waals surface area contributed by atoms with E-state index in [2.05, 4.69) is 20.4 Å². The first-order valence-corrected chi connectivity index (χ1v) is 10.2. The first-order valence-electron chi connectivity index (χ1n) is 10.2. The lowest BCUT2D eigenvalue weighted by Gasteiger charge is -2.60. The Labute approximate surface area is 151 Å². The summed E-state index contributed by atoms with van der Waals surface area (Å²) in [6, 6.07) is 0. The Morgan fingerprint density at radius 3 is 2.60 bits per heavy atom. The summed E-state index contributed by atoms with van der Waals surface area (Å²) >= 11 is 0. The van der Waals surface area contributed by atoms with Gasteiger partial charge >= 0.3 is 5.97 Å². The van der Waals surface area contributed by atoms with E-state index in [0.717, 1.165) is 43.9 Å². The molecule has 0 N–H and O–H groups in total. The molecule has 0 aromatic rings. The highest BCUT2D eigenvalue weighted by atomic mass is 16.5. The van der Waals surface area contributed by atoms with Crippen LogP contribution in [-0.2, 0) is 14.3 Å². The molecule has 3 heteroatoms. The highest BCUT2D eigenvalue weighted by Gasteiger charge is 2.61. The molecule has 0 amide bonds. The summed E-state index contributed by atoms with van der Waals surface area (Å²) in [5.74, 6) is 3.00. The second-order valence-corrected chi connectivity index (χ2v) is 9.65. The van der Waals surface area contributed by atoms with E-state index in [0.29, 0.717) is 23.0 Å². The van der Waals surface area contributed by atoms with Crippen molar-refractivity contribution >= 4 is 11.8 Å². The number of carbonyl (C=O) groups is 2. The third kappa shape index (κ3) is 2.52. The summed E-state index contributed by atoms with van der Waals surface area (Å²) in [6.07, 6.45) is 11.1. The molecule has 0 aromatic carbocycles. The maximum Gasteiger partial charge on any atom is 0.330 e. The van der Waals surface area contributed by atoms with Gasteiger partial charge in [-0.15, -0.1) is 0 Å². The number of esters is 1. The van der Waals surface area contributed by atoms with Crippen LogP contribution >= 0.6 is 0 Å². The van der Waals surface area contributed by atoms with Crippen LogP contribution in [0.25, 0.3) is 0 Å². The summed E-state index contributed by atoms with van der Waals surface area (Å²) in [7, 11) is 0. The Balaban J connectivity index is 1.57. The lowest BCUT2D eigenvalue weighted by atomic mass is 9.45. The zero-order valence-electron chi connectivity index (χ0n) is 15.8. The Morgan fingerprint density at radius 1 is 1.08 bits per heavy atom. The minimum atomic E-state index is -0.268. The molecule has 0 spiro atoms. The van der Waals surface area contributed by atoms with Gasteiger partial charge in [0.15, 0.2) is 0 Å². The molecule has 0 radical (unpaired) electrons. The average molecular weight is 344 g/mol. The lowest BCUT2D eigenvalue weighted by Crippen LogP contribution is -2.54. The number of carbonyl (C=O) groups excluding carboxylic acids is 2. The van der Waals surface area contributed by atoms with Crippen LogP contribution in [0, 0.1) is 34.5 Å². The number of hydrogen-bond acceptors (Lipinski definition) is 3. The number of fused-ring (bicyclic) bond motifs is 5. The van der Waals surface area contributed by atoms with Gasteiger partial charge in [-0.05, 0) is 74.0 Å². The van der Waals surface area contributed by atoms with E-state index in [9.17, 15) is 9.59 Å². The fourth-order valence-electron chi connectivity index (χ4n) is 7.38. The Kier molecular flexibility index (Phi) is 4.12. The van der Waals surface area contributed by atoms with Crippen molar-refractivity contribution in [1.29, 1.82) is 0 Å². The molecule has 0 aromatic heterocycles. The number of rotatable bonds is 2. The molecule has 25 heavy (non-hydrogen) atoms. The molecular formula is C22H32O3. The average Bonchev–Trinajstić information content (AvgIpc) is 2.92. The summed E-state index contributed by atoms with van der Waals surface area (Å²) in [5.41, 5.74) is 0.488. The van der Waals surface area contributed by atoms with E-state index >= 15 is 0 Å². The normalized spacial score (nSPS) is 48.9. The van der Waals surface area contributed by atoms with Gasteiger partial charge in [-0.2, -0.15) is 0 Å². The first kappa shape index (κ1) is 17.3. The van der Waals surface area contributed by atoms with Gasteiger partial charge in [0, 0.05) is 24.3 Å². The van der Waals surface area contributed by atoms with Crippen molar-refractivity contribution in [2.24, 2.45) is 34.5 Å². The molecule has 4 fully saturated rings. The highest BCUT2D eigenvalue weighted by molar-refractivity contribution is 5.81. The maximum absolute atomic E-state index is 12.0. The molecule has 7 atom stereocenters. The Hall–Kier alpha value is -1.12. The molecule has 4 aliphatic rings. The van der Waals surface area contributed by atoms with Crippen LogP contribution in [0.3, 0.4) is 0 Å². The SMILES string of the molecule is C=CC(=O)O[C@H]1CC[C@H]2[C@@H]3CC[C@H]4CC(=O)CC[C@]4(C)[C@H]3CC[C@]12C. The summed E-state index contributed by atoms with van der Waals surface area (Å²) in [4.78, 5) is 23.7. The third-order valence-electron chi connectivity index (χ3n) is 8.82. The largest absolute Gasteiger partial charge is 0.459 e. The first-order chi connectivity index (χ1) is 11.9. The van der Waals surface area contributed by atoms with Gasteiger partial charge in [0.05, 0.1) is 0 Å². The second kappa shape index (κ2) is 5.96. The zero-order chi connectivity index (χ0) is 17.8. The van der Waals surface area contributed by atoms with E-state index in [1.807, 2.05) is 0 Å². The molecule has 3 nitrogen and oxygen atoms in total. The van der Waals surface area contributed by atoms with Crippen LogP contribution in [0.15, 0.2) is 12.7 Å². The van der Waals surface area contributed by atoms with Crippen LogP contribution in [0.2, 0.25) is 0 Å². The monoisotopic (exact) mass is 344 g/mol. The maximum atomic E-state index is 12.0. The smallest absolute Gasteiger partial charge is 0.330 e. The van der Waals surface area contributed by atoms with Crippen molar-refractivity contribution < 1.29 is 14.3 Å². The molecule has 0 saturated heterocycles. The molecule has 138 valence electrons. The molecular weight excluding hydrogens is 312 g/mol. The van der Waals surface area contributed by atoms with Gasteiger partial charge in [0.2, 0.25) is 0 Å². The van der Waals surface area contributed by atoms with Gasteiger partial charge in [0.1, 0.15) is 11.9 Å². The number of Topliss-reactive ketones (excluding diaryl/α,β-unsaturated/α-hetero) is 1. The highest BCUT2D eigenvalue weighted by Crippen LogP contribution is 2.66. The van der Waals surface area contributed by atoms with Crippen LogP contribution in [0.4, 0.5) is 0 Å². The summed E-state index contributed by atoms with van der Waals surface area (Å²) in [6.45, 7) is 8.40. The van der Waals surface area contributed by atoms with Crippen molar-refractivity contribution in [2.75, 3.05) is 0 Å². The molecule has 4 saturated carbocycles. The van der Waals surface area contributed by atoms with Gasteiger partial charge in [-0.1, -0.05) is 20.4 Å². The van der Waals surface area contributed by atoms with Gasteiger partial charge in [-0.25, -0.2) is 4.79 Å². The van der Waals surface area contributed by atoms with E-state index in [-0.39, 0.29) is 17.5 Å². The van der Waals surface area contributed by atoms with Crippen molar-refractivity contribution in [1.82, 2.24) is 0 Å². The van der Waals surface area contributed by atoms with E-state index in [1.165, 1.54) is 31.8 Å². The zero-order valence-corrected chi connectivity index (χ0v) is 15.8. The fraction of sp³-hybridized carbons (Fsp3) is 0.818. The molecule has 0 bridgehead atoms. The predicted octanol–water partition coefficient (Wildman–Crippen LogP) is 4.70. The summed E-state index contributed by atoms with van der Waals surface area (Å²) in [5, 5.41) is 0. The van der Waals surface area contributed by atoms with Crippen molar-refractivity contribution in [2.45, 2.75) is 77.7 Å². The second-order valence-electron chi connectivity index (χ2n) is 9.65. The minimum absolute atomic E-state index is 0.0578. The van der Waals surface area contributed by atoms with E-state index in [1.54, 1.807) is 0 Å². The Morgan fingerprint density at radius 2 is 1.84 bits per heavy atom. The topological polar surface area (TPSA) is 43.4 Å². The molecule has 0 aliphatic heterocycles. The Bertz CT molecular complexity index is 596. The van der Waals surface area contributed by atoms with Crippen molar-refractivity contribution in [3.05, 3.63) is 12.7 Å². The van der Waals surface area contributed by atoms with Gasteiger partial charge in [0.25, 0.3) is 0 Å². The van der Waals surface area contributed by atoms with Crippen LogP contribution < -0.4 is 0 Å². The summed E-state index contributed by atoms with van der Waals surface area (Å²) < 4.78 is 5.76. The van der Waals surface area contributed by atoms with E-state index < -0.39 is 0 Å². The predicted molar refractivity (Wildman–Crippen MR) is 96.8 cm³/mol. The third-order valence-corrected chi connectivity index (χ3v) is 8.82. The van der Waals surface area contributed by atoms with Crippen molar-refractivity contribution in [3.8, 4) is 0 Å². The number of hydrogen-bond donors (Lipinski definition) is 0. The fourth-order valence-corrected chi connectivity index (χ4v) is 7.38. The molecule has 4 rings (SSSR count). The van der Waals surface area contributed by atoms with Crippen LogP contribution in [0.5, 0.6) is 0 Å². The van der Waals surface area contributed by atoms with Crippen LogP contribution in [0.1, 0.15) is 71.6 Å². The quantitative estimate of drug-likeness (QED) is 0.539. The van der Waals surface area contributed by atoms with Crippen LogP contribution in [-0.4, -0.2) is 17.9 Å². The van der Waals surface area contributed by atoms with E-state index in [4.69, 9.17) is 4.74 Å².